The summed E-state index contributed by atoms with van der Waals surface area (Å²) in [6, 6.07) is 0. The zero-order chi connectivity index (χ0) is 13.2. The Bertz CT molecular complexity index is 226. The molecule has 1 heterocycles. The fourth-order valence-electron chi connectivity index (χ4n) is 2.45. The number of likely N-dealkylation sites (tertiary alicyclic amines) is 1. The lowest BCUT2D eigenvalue weighted by Crippen LogP contribution is -2.38. The fraction of sp³-hybridized carbons (Fsp3) is 0.929. The molecule has 0 saturated carbocycles. The van der Waals surface area contributed by atoms with Gasteiger partial charge in [0.1, 0.15) is 0 Å². The summed E-state index contributed by atoms with van der Waals surface area (Å²) in [6.45, 7) is 6.42. The number of carbonyl (C=O) groups excluding carboxylic acids is 1. The first-order valence-corrected chi connectivity index (χ1v) is 7.28. The van der Waals surface area contributed by atoms with Gasteiger partial charge >= 0.3 is 0 Å². The molecule has 1 saturated heterocycles. The van der Waals surface area contributed by atoms with Crippen LogP contribution in [0.3, 0.4) is 0 Å². The Morgan fingerprint density at radius 3 is 2.72 bits per heavy atom. The maximum Gasteiger partial charge on any atom is 0.222 e. The van der Waals surface area contributed by atoms with Crippen molar-refractivity contribution in [2.45, 2.75) is 39.0 Å². The highest BCUT2D eigenvalue weighted by Crippen LogP contribution is 2.20. The van der Waals surface area contributed by atoms with E-state index in [1.807, 2.05) is 18.9 Å². The number of ether oxygens (including phenoxy) is 1. The number of hydrogen-bond donors (Lipinski definition) is 1. The third kappa shape index (κ3) is 5.83. The van der Waals surface area contributed by atoms with E-state index in [0.29, 0.717) is 18.9 Å². The van der Waals surface area contributed by atoms with Gasteiger partial charge in [0.2, 0.25) is 5.91 Å². The van der Waals surface area contributed by atoms with Gasteiger partial charge in [-0.2, -0.15) is 0 Å². The Kier molecular flexibility index (Phi) is 8.01. The molecule has 0 spiro atoms. The standard InChI is InChI=1S/C14H28N2O2/c1-3-18-12-4-5-14(17)16-10-7-13(8-11-16)6-9-15-2/h13,15H,3-12H2,1-2H3. The Hall–Kier alpha value is -0.610. The average molecular weight is 256 g/mol. The van der Waals surface area contributed by atoms with Crippen molar-refractivity contribution in [2.24, 2.45) is 5.92 Å². The first kappa shape index (κ1) is 15.4. The van der Waals surface area contributed by atoms with Gasteiger partial charge in [-0.3, -0.25) is 4.79 Å². The van der Waals surface area contributed by atoms with Crippen molar-refractivity contribution < 1.29 is 9.53 Å². The number of carbonyl (C=O) groups is 1. The van der Waals surface area contributed by atoms with Gasteiger partial charge in [0, 0.05) is 32.7 Å². The van der Waals surface area contributed by atoms with Crippen LogP contribution in [0.1, 0.15) is 39.0 Å². The Labute approximate surface area is 111 Å². The van der Waals surface area contributed by atoms with Crippen molar-refractivity contribution in [3.63, 3.8) is 0 Å². The summed E-state index contributed by atoms with van der Waals surface area (Å²) >= 11 is 0. The van der Waals surface area contributed by atoms with Crippen molar-refractivity contribution in [2.75, 3.05) is 39.9 Å². The van der Waals surface area contributed by atoms with E-state index in [1.165, 1.54) is 19.3 Å². The molecule has 0 atom stereocenters. The van der Waals surface area contributed by atoms with Crippen LogP contribution in [0.15, 0.2) is 0 Å². The first-order chi connectivity index (χ1) is 8.77. The van der Waals surface area contributed by atoms with Crippen molar-refractivity contribution >= 4 is 5.91 Å². The lowest BCUT2D eigenvalue weighted by Gasteiger charge is -2.32. The first-order valence-electron chi connectivity index (χ1n) is 7.28. The second-order valence-electron chi connectivity index (χ2n) is 5.02. The molecule has 0 aromatic rings. The molecule has 1 rings (SSSR count). The van der Waals surface area contributed by atoms with E-state index in [4.69, 9.17) is 4.74 Å². The van der Waals surface area contributed by atoms with Gasteiger partial charge in [-0.15, -0.1) is 0 Å². The van der Waals surface area contributed by atoms with E-state index in [-0.39, 0.29) is 0 Å². The molecule has 1 N–H and O–H groups in total. The Morgan fingerprint density at radius 2 is 2.11 bits per heavy atom. The highest BCUT2D eigenvalue weighted by molar-refractivity contribution is 5.76. The molecule has 0 radical (unpaired) electrons. The smallest absolute Gasteiger partial charge is 0.222 e. The molecule has 0 bridgehead atoms. The van der Waals surface area contributed by atoms with E-state index in [9.17, 15) is 4.79 Å². The van der Waals surface area contributed by atoms with Crippen LogP contribution in [-0.4, -0.2) is 50.7 Å². The lowest BCUT2D eigenvalue weighted by molar-refractivity contribution is -0.133. The number of nitrogens with zero attached hydrogens (tertiary/aromatic N) is 1. The van der Waals surface area contributed by atoms with Gasteiger partial charge in [0.25, 0.3) is 0 Å². The van der Waals surface area contributed by atoms with E-state index >= 15 is 0 Å². The maximum absolute atomic E-state index is 11.9. The minimum atomic E-state index is 0.307. The highest BCUT2D eigenvalue weighted by atomic mass is 16.5. The molecule has 18 heavy (non-hydrogen) atoms. The van der Waals surface area contributed by atoms with Crippen LogP contribution < -0.4 is 5.32 Å². The van der Waals surface area contributed by atoms with Crippen LogP contribution >= 0.6 is 0 Å². The van der Waals surface area contributed by atoms with Gasteiger partial charge < -0.3 is 15.0 Å². The predicted molar refractivity (Wildman–Crippen MR) is 73.6 cm³/mol. The second kappa shape index (κ2) is 9.34. The molecule has 0 aliphatic carbocycles. The summed E-state index contributed by atoms with van der Waals surface area (Å²) in [7, 11) is 2.00. The van der Waals surface area contributed by atoms with Gasteiger partial charge in [-0.1, -0.05) is 0 Å². The van der Waals surface area contributed by atoms with Crippen LogP contribution in [0.4, 0.5) is 0 Å². The molecular weight excluding hydrogens is 228 g/mol. The summed E-state index contributed by atoms with van der Waals surface area (Å²) in [5.74, 6) is 1.10. The summed E-state index contributed by atoms with van der Waals surface area (Å²) in [6.07, 6.45) is 5.06. The fourth-order valence-corrected chi connectivity index (χ4v) is 2.45. The number of amides is 1. The minimum Gasteiger partial charge on any atom is -0.382 e. The van der Waals surface area contributed by atoms with Crippen molar-refractivity contribution in [1.82, 2.24) is 10.2 Å². The maximum atomic E-state index is 11.9. The normalized spacial score (nSPS) is 17.1. The van der Waals surface area contributed by atoms with Crippen LogP contribution in [0.25, 0.3) is 0 Å². The third-order valence-corrected chi connectivity index (χ3v) is 3.65. The van der Waals surface area contributed by atoms with Gasteiger partial charge in [0.05, 0.1) is 0 Å². The van der Waals surface area contributed by atoms with Gasteiger partial charge in [0.15, 0.2) is 0 Å². The molecule has 0 unspecified atom stereocenters. The van der Waals surface area contributed by atoms with E-state index in [2.05, 4.69) is 5.32 Å². The van der Waals surface area contributed by atoms with Crippen LogP contribution in [0, 0.1) is 5.92 Å². The summed E-state index contributed by atoms with van der Waals surface area (Å²) in [5.41, 5.74) is 0. The van der Waals surface area contributed by atoms with Crippen LogP contribution in [-0.2, 0) is 9.53 Å². The molecule has 1 aliphatic rings. The lowest BCUT2D eigenvalue weighted by atomic mass is 9.93. The molecule has 1 amide bonds. The summed E-state index contributed by atoms with van der Waals surface area (Å²) in [5, 5.41) is 3.19. The second-order valence-corrected chi connectivity index (χ2v) is 5.02. The minimum absolute atomic E-state index is 0.307. The van der Waals surface area contributed by atoms with Crippen LogP contribution in [0.5, 0.6) is 0 Å². The molecular formula is C14H28N2O2. The van der Waals surface area contributed by atoms with Crippen molar-refractivity contribution in [3.8, 4) is 0 Å². The molecule has 4 nitrogen and oxygen atoms in total. The largest absolute Gasteiger partial charge is 0.382 e. The highest BCUT2D eigenvalue weighted by Gasteiger charge is 2.21. The quantitative estimate of drug-likeness (QED) is 0.671. The molecule has 0 aromatic heterocycles. The van der Waals surface area contributed by atoms with E-state index in [1.54, 1.807) is 0 Å². The number of rotatable bonds is 8. The average Bonchev–Trinajstić information content (AvgIpc) is 2.41. The number of hydrogen-bond acceptors (Lipinski definition) is 3. The van der Waals surface area contributed by atoms with E-state index < -0.39 is 0 Å². The van der Waals surface area contributed by atoms with Gasteiger partial charge in [-0.05, 0) is 52.1 Å². The van der Waals surface area contributed by atoms with Crippen molar-refractivity contribution in [3.05, 3.63) is 0 Å². The van der Waals surface area contributed by atoms with Crippen LogP contribution in [0.2, 0.25) is 0 Å². The number of piperidine rings is 1. The predicted octanol–water partition coefficient (Wildman–Crippen LogP) is 1.65. The van der Waals surface area contributed by atoms with Crippen molar-refractivity contribution in [1.29, 1.82) is 0 Å². The van der Waals surface area contributed by atoms with E-state index in [0.717, 1.165) is 38.6 Å². The SMILES string of the molecule is CCOCCCC(=O)N1CCC(CCNC)CC1. The molecule has 4 heteroatoms. The Morgan fingerprint density at radius 1 is 1.39 bits per heavy atom. The zero-order valence-electron chi connectivity index (χ0n) is 11.9. The third-order valence-electron chi connectivity index (χ3n) is 3.65. The topological polar surface area (TPSA) is 41.6 Å². The molecule has 1 aliphatic heterocycles. The molecule has 0 aromatic carbocycles. The Balaban J connectivity index is 2.11. The molecule has 106 valence electrons. The summed E-state index contributed by atoms with van der Waals surface area (Å²) in [4.78, 5) is 14.0. The zero-order valence-corrected chi connectivity index (χ0v) is 11.9. The molecule has 1 fully saturated rings. The van der Waals surface area contributed by atoms with Gasteiger partial charge in [-0.25, -0.2) is 0 Å². The monoisotopic (exact) mass is 256 g/mol. The number of nitrogens with one attached hydrogen (secondary N) is 1. The summed E-state index contributed by atoms with van der Waals surface area (Å²) < 4.78 is 5.25.